The maximum absolute atomic E-state index is 13.0. The van der Waals surface area contributed by atoms with E-state index in [1.807, 2.05) is 13.0 Å². The number of benzene rings is 1. The van der Waals surface area contributed by atoms with Gasteiger partial charge in [0.25, 0.3) is 5.56 Å². The van der Waals surface area contributed by atoms with E-state index in [-0.39, 0.29) is 24.6 Å². The van der Waals surface area contributed by atoms with E-state index in [1.165, 1.54) is 20.7 Å². The number of amides is 2. The van der Waals surface area contributed by atoms with Crippen LogP contribution in [0.25, 0.3) is 10.2 Å². The summed E-state index contributed by atoms with van der Waals surface area (Å²) in [5.41, 5.74) is 2.47. The zero-order chi connectivity index (χ0) is 22.1. The highest BCUT2D eigenvalue weighted by atomic mass is 35.5. The van der Waals surface area contributed by atoms with Crippen LogP contribution in [0, 0.1) is 6.92 Å². The molecule has 0 saturated heterocycles. The van der Waals surface area contributed by atoms with Crippen molar-refractivity contribution in [3.63, 3.8) is 0 Å². The number of aromatic nitrogens is 2. The summed E-state index contributed by atoms with van der Waals surface area (Å²) in [4.78, 5) is 45.7. The molecule has 4 rings (SSSR count). The molecule has 0 atom stereocenters. The number of carbonyl (C=O) groups is 2. The van der Waals surface area contributed by atoms with Crippen LogP contribution in [0.5, 0.6) is 0 Å². The van der Waals surface area contributed by atoms with Gasteiger partial charge < -0.3 is 10.2 Å². The molecule has 0 fully saturated rings. The minimum Gasteiger partial charge on any atom is -0.345 e. The number of carbonyl (C=O) groups excluding carboxylic acids is 2. The molecule has 1 aliphatic carbocycles. The lowest BCUT2D eigenvalue weighted by atomic mass is 9.97. The van der Waals surface area contributed by atoms with E-state index in [0.29, 0.717) is 16.1 Å². The Balaban J connectivity index is 1.43. The summed E-state index contributed by atoms with van der Waals surface area (Å²) in [6, 6.07) is 5.30. The van der Waals surface area contributed by atoms with Gasteiger partial charge in [-0.3, -0.25) is 19.0 Å². The first kappa shape index (κ1) is 21.5. The minimum atomic E-state index is -0.420. The van der Waals surface area contributed by atoms with E-state index in [1.54, 1.807) is 30.5 Å². The largest absolute Gasteiger partial charge is 0.345 e. The molecule has 7 nitrogen and oxygen atoms in total. The SMILES string of the molecule is Cc1ccc(Cl)cc1N(C)C(=O)CNC(=O)Cn1cnc2sc3c(c2c1=O)CCCC3. The van der Waals surface area contributed by atoms with Crippen LogP contribution in [0.3, 0.4) is 0 Å². The molecule has 0 radical (unpaired) electrons. The lowest BCUT2D eigenvalue weighted by Crippen LogP contribution is -2.40. The molecule has 0 spiro atoms. The molecule has 1 N–H and O–H groups in total. The van der Waals surface area contributed by atoms with Crippen molar-refractivity contribution in [3.8, 4) is 0 Å². The van der Waals surface area contributed by atoms with Crippen LogP contribution in [-0.4, -0.2) is 35.0 Å². The quantitative estimate of drug-likeness (QED) is 0.636. The Labute approximate surface area is 188 Å². The number of rotatable bonds is 5. The average molecular weight is 459 g/mol. The Morgan fingerprint density at radius 2 is 2.06 bits per heavy atom. The van der Waals surface area contributed by atoms with Crippen molar-refractivity contribution in [2.75, 3.05) is 18.5 Å². The molecule has 2 heterocycles. The van der Waals surface area contributed by atoms with Crippen molar-refractivity contribution < 1.29 is 9.59 Å². The fraction of sp³-hybridized carbons (Fsp3) is 0.364. The summed E-state index contributed by atoms with van der Waals surface area (Å²) in [5.74, 6) is -0.705. The second kappa shape index (κ2) is 8.80. The Morgan fingerprint density at radius 3 is 2.87 bits per heavy atom. The van der Waals surface area contributed by atoms with Crippen molar-refractivity contribution in [1.82, 2.24) is 14.9 Å². The van der Waals surface area contributed by atoms with E-state index in [4.69, 9.17) is 11.6 Å². The fourth-order valence-electron chi connectivity index (χ4n) is 3.88. The molecule has 1 aliphatic rings. The zero-order valence-corrected chi connectivity index (χ0v) is 19.0. The first-order valence-electron chi connectivity index (χ1n) is 10.1. The molecule has 2 aromatic heterocycles. The average Bonchev–Trinajstić information content (AvgIpc) is 3.14. The van der Waals surface area contributed by atoms with Gasteiger partial charge >= 0.3 is 0 Å². The van der Waals surface area contributed by atoms with Crippen molar-refractivity contribution in [2.24, 2.45) is 0 Å². The Morgan fingerprint density at radius 1 is 1.29 bits per heavy atom. The molecule has 9 heteroatoms. The Kier molecular flexibility index (Phi) is 6.11. The predicted molar refractivity (Wildman–Crippen MR) is 123 cm³/mol. The van der Waals surface area contributed by atoms with Gasteiger partial charge in [-0.25, -0.2) is 4.98 Å². The normalized spacial score (nSPS) is 13.1. The highest BCUT2D eigenvalue weighted by Gasteiger charge is 2.21. The van der Waals surface area contributed by atoms with E-state index >= 15 is 0 Å². The number of nitrogens with one attached hydrogen (secondary N) is 1. The first-order chi connectivity index (χ1) is 14.8. The molecule has 0 saturated carbocycles. The molecule has 162 valence electrons. The lowest BCUT2D eigenvalue weighted by Gasteiger charge is -2.20. The summed E-state index contributed by atoms with van der Waals surface area (Å²) in [7, 11) is 1.63. The molecule has 0 unspecified atom stereocenters. The number of likely N-dealkylation sites (N-methyl/N-ethyl adjacent to an activating group) is 1. The van der Waals surface area contributed by atoms with Crippen LogP contribution in [-0.2, 0) is 29.0 Å². The predicted octanol–water partition coefficient (Wildman–Crippen LogP) is 3.08. The van der Waals surface area contributed by atoms with Crippen molar-refractivity contribution in [3.05, 3.63) is 55.9 Å². The van der Waals surface area contributed by atoms with Gasteiger partial charge in [0, 0.05) is 22.6 Å². The van der Waals surface area contributed by atoms with Crippen molar-refractivity contribution in [2.45, 2.75) is 39.2 Å². The molecule has 0 aliphatic heterocycles. The molecular formula is C22H23ClN4O3S. The fourth-order valence-corrected chi connectivity index (χ4v) is 5.26. The number of hydrogen-bond donors (Lipinski definition) is 1. The van der Waals surface area contributed by atoms with Gasteiger partial charge in [0.05, 0.1) is 18.3 Å². The Bertz CT molecular complexity index is 1230. The van der Waals surface area contributed by atoms with Gasteiger partial charge in [0.1, 0.15) is 11.4 Å². The molecule has 3 aromatic rings. The number of nitrogens with zero attached hydrogens (tertiary/aromatic N) is 3. The number of halogens is 1. The van der Waals surface area contributed by atoms with Crippen molar-refractivity contribution >= 4 is 50.7 Å². The summed E-state index contributed by atoms with van der Waals surface area (Å²) in [5, 5.41) is 3.77. The van der Waals surface area contributed by atoms with Gasteiger partial charge in [-0.1, -0.05) is 17.7 Å². The van der Waals surface area contributed by atoms with Gasteiger partial charge in [-0.05, 0) is 55.9 Å². The highest BCUT2D eigenvalue weighted by molar-refractivity contribution is 7.18. The minimum absolute atomic E-state index is 0.181. The molecular weight excluding hydrogens is 436 g/mol. The molecule has 2 amide bonds. The number of fused-ring (bicyclic) bond motifs is 3. The van der Waals surface area contributed by atoms with Crippen molar-refractivity contribution in [1.29, 1.82) is 0 Å². The lowest BCUT2D eigenvalue weighted by molar-refractivity contribution is -0.125. The van der Waals surface area contributed by atoms with Crippen LogP contribution in [0.1, 0.15) is 28.8 Å². The highest BCUT2D eigenvalue weighted by Crippen LogP contribution is 2.33. The standard InChI is InChI=1S/C22H23ClN4O3S/c1-13-7-8-14(23)9-16(13)26(2)19(29)10-24-18(28)11-27-12-25-21-20(22(27)30)15-5-3-4-6-17(15)31-21/h7-9,12H,3-6,10-11H2,1-2H3,(H,24,28). The molecule has 0 bridgehead atoms. The number of anilines is 1. The van der Waals surface area contributed by atoms with Gasteiger partial charge in [-0.2, -0.15) is 0 Å². The van der Waals surface area contributed by atoms with E-state index in [2.05, 4.69) is 10.3 Å². The maximum Gasteiger partial charge on any atom is 0.262 e. The Hall–Kier alpha value is -2.71. The van der Waals surface area contributed by atoms with E-state index in [0.717, 1.165) is 41.6 Å². The second-order valence-electron chi connectivity index (χ2n) is 7.73. The van der Waals surface area contributed by atoms with Crippen LogP contribution in [0.4, 0.5) is 5.69 Å². The van der Waals surface area contributed by atoms with E-state index < -0.39 is 5.91 Å². The summed E-state index contributed by atoms with van der Waals surface area (Å²) < 4.78 is 1.31. The van der Waals surface area contributed by atoms with Gasteiger partial charge in [-0.15, -0.1) is 11.3 Å². The van der Waals surface area contributed by atoms with Crippen LogP contribution in [0.2, 0.25) is 5.02 Å². The smallest absolute Gasteiger partial charge is 0.262 e. The third kappa shape index (κ3) is 4.36. The van der Waals surface area contributed by atoms with Crippen LogP contribution >= 0.6 is 22.9 Å². The monoisotopic (exact) mass is 458 g/mol. The maximum atomic E-state index is 13.0. The third-order valence-corrected chi connectivity index (χ3v) is 7.03. The zero-order valence-electron chi connectivity index (χ0n) is 17.4. The summed E-state index contributed by atoms with van der Waals surface area (Å²) >= 11 is 7.60. The summed E-state index contributed by atoms with van der Waals surface area (Å²) in [6.45, 7) is 1.52. The number of thiophene rings is 1. The third-order valence-electron chi connectivity index (χ3n) is 5.60. The topological polar surface area (TPSA) is 84.3 Å². The van der Waals surface area contributed by atoms with Gasteiger partial charge in [0.15, 0.2) is 0 Å². The first-order valence-corrected chi connectivity index (χ1v) is 11.3. The second-order valence-corrected chi connectivity index (χ2v) is 9.25. The molecule has 1 aromatic carbocycles. The molecule has 31 heavy (non-hydrogen) atoms. The van der Waals surface area contributed by atoms with E-state index in [9.17, 15) is 14.4 Å². The van der Waals surface area contributed by atoms with Crippen LogP contribution < -0.4 is 15.8 Å². The van der Waals surface area contributed by atoms with Gasteiger partial charge in [0.2, 0.25) is 11.8 Å². The summed E-state index contributed by atoms with van der Waals surface area (Å²) in [6.07, 6.45) is 5.47. The van der Waals surface area contributed by atoms with Crippen LogP contribution in [0.15, 0.2) is 29.3 Å². The number of aryl methyl sites for hydroxylation is 3. The number of hydrogen-bond acceptors (Lipinski definition) is 5.